The van der Waals surface area contributed by atoms with E-state index in [4.69, 9.17) is 0 Å². The molecule has 0 atom stereocenters. The number of hydrogen-bond donors (Lipinski definition) is 2. The lowest BCUT2D eigenvalue weighted by atomic mass is 10.0. The van der Waals surface area contributed by atoms with Crippen LogP contribution >= 0.6 is 0 Å². The highest BCUT2D eigenvalue weighted by Crippen LogP contribution is 2.38. The number of amides is 1. The van der Waals surface area contributed by atoms with E-state index in [0.717, 1.165) is 11.1 Å². The zero-order valence-electron chi connectivity index (χ0n) is 19.1. The minimum absolute atomic E-state index is 0.0349. The lowest BCUT2D eigenvalue weighted by Gasteiger charge is -2.15. The summed E-state index contributed by atoms with van der Waals surface area (Å²) in [5.74, 6) is -2.03. The molecule has 0 aromatic heterocycles. The molecule has 176 valence electrons. The highest BCUT2D eigenvalue weighted by Gasteiger charge is 2.32. The van der Waals surface area contributed by atoms with E-state index in [1.165, 1.54) is 23.2 Å². The van der Waals surface area contributed by atoms with Crippen LogP contribution in [0.3, 0.4) is 0 Å². The minimum atomic E-state index is -1.12. The number of hydrazone groups is 2. The van der Waals surface area contributed by atoms with Crippen LogP contribution in [0, 0.1) is 18.8 Å². The third kappa shape index (κ3) is 4.36. The van der Waals surface area contributed by atoms with Crippen molar-refractivity contribution in [3.63, 3.8) is 0 Å². The summed E-state index contributed by atoms with van der Waals surface area (Å²) in [5.41, 5.74) is 3.39. The van der Waals surface area contributed by atoms with Crippen molar-refractivity contribution in [1.82, 2.24) is 0 Å². The van der Waals surface area contributed by atoms with Gasteiger partial charge in [-0.05, 0) is 67.8 Å². The molecule has 0 radical (unpaired) electrons. The Morgan fingerprint density at radius 1 is 1.00 bits per heavy atom. The van der Waals surface area contributed by atoms with Crippen molar-refractivity contribution in [3.05, 3.63) is 82.3 Å². The van der Waals surface area contributed by atoms with Gasteiger partial charge in [-0.25, -0.2) is 4.79 Å². The molecule has 10 heteroatoms. The van der Waals surface area contributed by atoms with Gasteiger partial charge in [0.1, 0.15) is 5.69 Å². The predicted octanol–water partition coefficient (Wildman–Crippen LogP) is 4.64. The van der Waals surface area contributed by atoms with Crippen molar-refractivity contribution in [1.29, 1.82) is 0 Å². The Bertz CT molecular complexity index is 1430. The van der Waals surface area contributed by atoms with Gasteiger partial charge in [0.2, 0.25) is 0 Å². The molecule has 35 heavy (non-hydrogen) atoms. The van der Waals surface area contributed by atoms with E-state index in [0.29, 0.717) is 16.4 Å². The Balaban J connectivity index is 1.71. The number of benzene rings is 3. The summed E-state index contributed by atoms with van der Waals surface area (Å²) >= 11 is 0. The zero-order valence-corrected chi connectivity index (χ0v) is 19.1. The fraction of sp³-hybridized carbons (Fsp3) is 0.120. The second-order valence-electron chi connectivity index (χ2n) is 7.95. The highest BCUT2D eigenvalue weighted by atomic mass is 16.4. The van der Waals surface area contributed by atoms with Crippen LogP contribution in [0.1, 0.15) is 28.4 Å². The number of phenolic OH excluding ortho intramolecular Hbond substituents is 1. The standard InChI is InChI=1S/C25H21N5O5/c1-14-10-11-19(12-15(14)2)29-24(32)22(16(3)26-29)27-30(28-35)21-9-5-8-20(23(21)31)17-6-4-7-18(13-17)25(33)34/h4-13,31H,1-3H3,(H,33,34). The number of nitroso groups, excluding NO2 is 1. The van der Waals surface area contributed by atoms with Gasteiger partial charge >= 0.3 is 11.9 Å². The Morgan fingerprint density at radius 3 is 2.43 bits per heavy atom. The van der Waals surface area contributed by atoms with E-state index in [-0.39, 0.29) is 34.0 Å². The zero-order chi connectivity index (χ0) is 25.3. The number of carbonyl (C=O) groups excluding carboxylic acids is 1. The molecule has 3 aromatic carbocycles. The number of para-hydroxylation sites is 1. The molecule has 4 rings (SSSR count). The van der Waals surface area contributed by atoms with Gasteiger partial charge in [0.05, 0.1) is 22.2 Å². The predicted molar refractivity (Wildman–Crippen MR) is 133 cm³/mol. The van der Waals surface area contributed by atoms with Crippen molar-refractivity contribution in [3.8, 4) is 16.9 Å². The van der Waals surface area contributed by atoms with Crippen LogP contribution in [0.4, 0.5) is 11.4 Å². The maximum atomic E-state index is 13.1. The quantitative estimate of drug-likeness (QED) is 0.397. The third-order valence-electron chi connectivity index (χ3n) is 5.65. The van der Waals surface area contributed by atoms with Crippen LogP contribution in [-0.2, 0) is 4.79 Å². The summed E-state index contributed by atoms with van der Waals surface area (Å²) in [6.07, 6.45) is 0. The molecule has 1 amide bonds. The number of nitrogens with zero attached hydrogens (tertiary/aromatic N) is 5. The molecule has 0 unspecified atom stereocenters. The van der Waals surface area contributed by atoms with E-state index in [9.17, 15) is 24.7 Å². The molecule has 0 saturated heterocycles. The van der Waals surface area contributed by atoms with Crippen LogP contribution in [0.2, 0.25) is 0 Å². The average molecular weight is 471 g/mol. The van der Waals surface area contributed by atoms with Crippen molar-refractivity contribution in [2.45, 2.75) is 20.8 Å². The summed E-state index contributed by atoms with van der Waals surface area (Å²) < 4.78 is 0. The first-order valence-corrected chi connectivity index (χ1v) is 10.6. The number of phenols is 1. The third-order valence-corrected chi connectivity index (χ3v) is 5.65. The van der Waals surface area contributed by atoms with Crippen LogP contribution in [0.25, 0.3) is 11.1 Å². The van der Waals surface area contributed by atoms with Crippen LogP contribution < -0.4 is 10.1 Å². The largest absolute Gasteiger partial charge is 0.505 e. The van der Waals surface area contributed by atoms with Crippen molar-refractivity contribution in [2.75, 3.05) is 10.1 Å². The molecule has 0 aliphatic carbocycles. The molecule has 1 aliphatic rings. The molecule has 2 N–H and O–H groups in total. The first-order chi connectivity index (χ1) is 16.7. The fourth-order valence-corrected chi connectivity index (χ4v) is 3.60. The number of carboxylic acid groups (broad SMARTS) is 1. The summed E-state index contributed by atoms with van der Waals surface area (Å²) in [7, 11) is 0. The van der Waals surface area contributed by atoms with Crippen LogP contribution in [0.5, 0.6) is 5.75 Å². The minimum Gasteiger partial charge on any atom is -0.505 e. The lowest BCUT2D eigenvalue weighted by molar-refractivity contribution is -0.112. The number of carboxylic acids is 1. The van der Waals surface area contributed by atoms with Crippen LogP contribution in [-0.4, -0.2) is 33.5 Å². The van der Waals surface area contributed by atoms with E-state index in [1.54, 1.807) is 37.3 Å². The number of aromatic carboxylic acids is 1. The van der Waals surface area contributed by atoms with Crippen LogP contribution in [0.15, 0.2) is 76.2 Å². The normalized spacial score (nSPS) is 14.3. The Kier molecular flexibility index (Phi) is 6.11. The van der Waals surface area contributed by atoms with E-state index < -0.39 is 11.9 Å². The molecule has 0 bridgehead atoms. The number of aryl methyl sites for hydroxylation is 2. The monoisotopic (exact) mass is 471 g/mol. The number of aromatic hydroxyl groups is 1. The van der Waals surface area contributed by atoms with Crippen molar-refractivity contribution >= 4 is 34.7 Å². The number of rotatable bonds is 6. The summed E-state index contributed by atoms with van der Waals surface area (Å²) in [6, 6.07) is 15.9. The first kappa shape index (κ1) is 23.3. The van der Waals surface area contributed by atoms with Gasteiger partial charge in [0.15, 0.2) is 11.5 Å². The maximum absolute atomic E-state index is 13.1. The summed E-state index contributed by atoms with van der Waals surface area (Å²) in [4.78, 5) is 36.1. The van der Waals surface area contributed by atoms with Gasteiger partial charge < -0.3 is 10.2 Å². The summed E-state index contributed by atoms with van der Waals surface area (Å²) in [6.45, 7) is 5.46. The summed E-state index contributed by atoms with van der Waals surface area (Å²) in [5, 5.41) is 33.2. The van der Waals surface area contributed by atoms with E-state index >= 15 is 0 Å². The highest BCUT2D eigenvalue weighted by molar-refractivity contribution is 6.71. The fourth-order valence-electron chi connectivity index (χ4n) is 3.60. The van der Waals surface area contributed by atoms with Gasteiger partial charge in [-0.2, -0.15) is 10.1 Å². The Hall–Kier alpha value is -4.86. The topological polar surface area (TPSA) is 135 Å². The number of carbonyl (C=O) groups is 2. The van der Waals surface area contributed by atoms with Crippen molar-refractivity contribution < 1.29 is 19.8 Å². The first-order valence-electron chi connectivity index (χ1n) is 10.6. The molecular formula is C25H21N5O5. The lowest BCUT2D eigenvalue weighted by Crippen LogP contribution is -2.29. The second kappa shape index (κ2) is 9.18. The second-order valence-corrected chi connectivity index (χ2v) is 7.95. The molecule has 0 spiro atoms. The average Bonchev–Trinajstić information content (AvgIpc) is 3.12. The van der Waals surface area contributed by atoms with Gasteiger partial charge in [-0.15, -0.1) is 15.1 Å². The number of anilines is 2. The van der Waals surface area contributed by atoms with Gasteiger partial charge in [-0.1, -0.05) is 30.3 Å². The molecular weight excluding hydrogens is 450 g/mol. The Morgan fingerprint density at radius 2 is 1.74 bits per heavy atom. The molecule has 3 aromatic rings. The van der Waals surface area contributed by atoms with Gasteiger partial charge in [0.25, 0.3) is 0 Å². The molecule has 0 fully saturated rings. The Labute approximate surface area is 200 Å². The van der Waals surface area contributed by atoms with Gasteiger partial charge in [0, 0.05) is 5.56 Å². The van der Waals surface area contributed by atoms with Gasteiger partial charge in [-0.3, -0.25) is 4.79 Å². The van der Waals surface area contributed by atoms with E-state index in [1.807, 2.05) is 26.0 Å². The molecule has 1 heterocycles. The van der Waals surface area contributed by atoms with Crippen molar-refractivity contribution in [2.24, 2.45) is 15.5 Å². The number of hydrogen-bond acceptors (Lipinski definition) is 7. The SMILES string of the molecule is CC1=NN(c2ccc(C)c(C)c2)C(=O)C1=NN(N=O)c1cccc(-c2cccc(C(=O)O)c2)c1O. The molecule has 1 aliphatic heterocycles. The molecule has 10 nitrogen and oxygen atoms in total. The molecule has 0 saturated carbocycles. The van der Waals surface area contributed by atoms with E-state index in [2.05, 4.69) is 15.5 Å². The maximum Gasteiger partial charge on any atom is 0.335 e. The smallest absolute Gasteiger partial charge is 0.335 e.